The van der Waals surface area contributed by atoms with E-state index in [4.69, 9.17) is 0 Å². The van der Waals surface area contributed by atoms with E-state index in [2.05, 4.69) is 10.4 Å². The molecule has 2 aromatic rings. The molecule has 1 aliphatic heterocycles. The Kier molecular flexibility index (Phi) is 4.26. The highest BCUT2D eigenvalue weighted by molar-refractivity contribution is 6.00. The molecule has 130 valence electrons. The monoisotopic (exact) mass is 338 g/mol. The third-order valence-corrected chi connectivity index (χ3v) is 5.08. The van der Waals surface area contributed by atoms with Crippen LogP contribution in [0.25, 0.3) is 0 Å². The van der Waals surface area contributed by atoms with Crippen LogP contribution in [0, 0.1) is 5.92 Å². The number of fused-ring (bicyclic) bond motifs is 1. The van der Waals surface area contributed by atoms with Crippen molar-refractivity contribution in [2.45, 2.75) is 38.9 Å². The molecule has 0 unspecified atom stereocenters. The van der Waals surface area contributed by atoms with Crippen LogP contribution in [0.5, 0.6) is 0 Å². The lowest BCUT2D eigenvalue weighted by Crippen LogP contribution is -2.37. The molecule has 0 spiro atoms. The zero-order valence-electron chi connectivity index (χ0n) is 14.1. The molecule has 0 atom stereocenters. The minimum absolute atomic E-state index is 0.0703. The van der Waals surface area contributed by atoms with Crippen LogP contribution in [-0.2, 0) is 24.4 Å². The summed E-state index contributed by atoms with van der Waals surface area (Å²) in [6.45, 7) is 2.00. The number of amides is 2. The fourth-order valence-electron chi connectivity index (χ4n) is 3.41. The molecule has 0 bridgehead atoms. The molecule has 25 heavy (non-hydrogen) atoms. The van der Waals surface area contributed by atoms with Gasteiger partial charge in [-0.05, 0) is 30.4 Å². The van der Waals surface area contributed by atoms with E-state index >= 15 is 0 Å². The van der Waals surface area contributed by atoms with Crippen molar-refractivity contribution < 1.29 is 9.59 Å². The quantitative estimate of drug-likeness (QED) is 0.875. The SMILES string of the molecule is O=C(CN1Cc2ccccc2C1=O)NCc1cnn(CC2CCC2)c1. The van der Waals surface area contributed by atoms with Gasteiger partial charge in [0.2, 0.25) is 5.91 Å². The van der Waals surface area contributed by atoms with Crippen molar-refractivity contribution in [1.29, 1.82) is 0 Å². The zero-order chi connectivity index (χ0) is 17.2. The first-order chi connectivity index (χ1) is 12.2. The lowest BCUT2D eigenvalue weighted by Gasteiger charge is -2.24. The first-order valence-corrected chi connectivity index (χ1v) is 8.84. The summed E-state index contributed by atoms with van der Waals surface area (Å²) in [4.78, 5) is 26.0. The van der Waals surface area contributed by atoms with Gasteiger partial charge in [0.25, 0.3) is 5.91 Å². The lowest BCUT2D eigenvalue weighted by molar-refractivity contribution is -0.122. The molecule has 1 N–H and O–H groups in total. The van der Waals surface area contributed by atoms with E-state index in [-0.39, 0.29) is 18.4 Å². The molecule has 6 heteroatoms. The Morgan fingerprint density at radius 3 is 2.88 bits per heavy atom. The third kappa shape index (κ3) is 3.43. The maximum absolute atomic E-state index is 12.3. The smallest absolute Gasteiger partial charge is 0.254 e. The Morgan fingerprint density at radius 2 is 2.12 bits per heavy atom. The molecule has 1 aromatic heterocycles. The number of hydrogen-bond donors (Lipinski definition) is 1. The molecule has 1 saturated carbocycles. The van der Waals surface area contributed by atoms with Gasteiger partial charge in [0.15, 0.2) is 0 Å². The van der Waals surface area contributed by atoms with Crippen LogP contribution in [0.1, 0.15) is 40.7 Å². The number of benzene rings is 1. The number of hydrogen-bond acceptors (Lipinski definition) is 3. The number of carbonyl (C=O) groups is 2. The minimum atomic E-state index is -0.145. The number of carbonyl (C=O) groups excluding carboxylic acids is 2. The average molecular weight is 338 g/mol. The van der Waals surface area contributed by atoms with Gasteiger partial charge in [-0.15, -0.1) is 0 Å². The van der Waals surface area contributed by atoms with Gasteiger partial charge in [-0.2, -0.15) is 5.10 Å². The van der Waals surface area contributed by atoms with E-state index in [1.807, 2.05) is 35.1 Å². The highest BCUT2D eigenvalue weighted by atomic mass is 16.2. The van der Waals surface area contributed by atoms with Crippen LogP contribution in [0.4, 0.5) is 0 Å². The van der Waals surface area contributed by atoms with E-state index in [1.165, 1.54) is 19.3 Å². The van der Waals surface area contributed by atoms with Crippen LogP contribution in [0.15, 0.2) is 36.7 Å². The normalized spacial score (nSPS) is 16.6. The van der Waals surface area contributed by atoms with E-state index < -0.39 is 0 Å². The van der Waals surface area contributed by atoms with Crippen molar-refractivity contribution in [2.75, 3.05) is 6.54 Å². The van der Waals surface area contributed by atoms with Crippen molar-refractivity contribution >= 4 is 11.8 Å². The summed E-state index contributed by atoms with van der Waals surface area (Å²) in [5, 5.41) is 7.24. The molecular weight excluding hydrogens is 316 g/mol. The maximum atomic E-state index is 12.3. The van der Waals surface area contributed by atoms with Gasteiger partial charge in [-0.25, -0.2) is 0 Å². The topological polar surface area (TPSA) is 67.2 Å². The van der Waals surface area contributed by atoms with Crippen LogP contribution in [-0.4, -0.2) is 33.0 Å². The Hall–Kier alpha value is -2.63. The number of aromatic nitrogens is 2. The number of rotatable bonds is 6. The Bertz CT molecular complexity index is 794. The third-order valence-electron chi connectivity index (χ3n) is 5.08. The minimum Gasteiger partial charge on any atom is -0.350 e. The van der Waals surface area contributed by atoms with Gasteiger partial charge in [-0.1, -0.05) is 24.6 Å². The summed E-state index contributed by atoms with van der Waals surface area (Å²) in [6.07, 6.45) is 7.70. The highest BCUT2D eigenvalue weighted by Gasteiger charge is 2.28. The highest BCUT2D eigenvalue weighted by Crippen LogP contribution is 2.27. The van der Waals surface area contributed by atoms with Crippen molar-refractivity contribution in [3.8, 4) is 0 Å². The largest absolute Gasteiger partial charge is 0.350 e. The van der Waals surface area contributed by atoms with Crippen molar-refractivity contribution in [2.24, 2.45) is 5.92 Å². The molecule has 0 saturated heterocycles. The molecule has 4 rings (SSSR count). The fraction of sp³-hybridized carbons (Fsp3) is 0.421. The van der Waals surface area contributed by atoms with Gasteiger partial charge in [0.1, 0.15) is 6.54 Å². The van der Waals surface area contributed by atoms with Gasteiger partial charge >= 0.3 is 0 Å². The first-order valence-electron chi connectivity index (χ1n) is 8.84. The molecule has 2 amide bonds. The van der Waals surface area contributed by atoms with E-state index in [1.54, 1.807) is 11.1 Å². The molecule has 2 heterocycles. The summed E-state index contributed by atoms with van der Waals surface area (Å²) < 4.78 is 1.96. The van der Waals surface area contributed by atoms with Gasteiger partial charge in [-0.3, -0.25) is 14.3 Å². The van der Waals surface area contributed by atoms with E-state index in [0.717, 1.165) is 23.6 Å². The number of nitrogens with one attached hydrogen (secondary N) is 1. The zero-order valence-corrected chi connectivity index (χ0v) is 14.1. The summed E-state index contributed by atoms with van der Waals surface area (Å²) >= 11 is 0. The molecule has 6 nitrogen and oxygen atoms in total. The van der Waals surface area contributed by atoms with E-state index in [9.17, 15) is 9.59 Å². The summed E-state index contributed by atoms with van der Waals surface area (Å²) in [6, 6.07) is 7.51. The van der Waals surface area contributed by atoms with Crippen LogP contribution < -0.4 is 5.32 Å². The molecule has 2 aliphatic rings. The second-order valence-corrected chi connectivity index (χ2v) is 6.96. The number of nitrogens with zero attached hydrogens (tertiary/aromatic N) is 3. The van der Waals surface area contributed by atoms with Gasteiger partial charge < -0.3 is 10.2 Å². The van der Waals surface area contributed by atoms with Crippen LogP contribution in [0.2, 0.25) is 0 Å². The maximum Gasteiger partial charge on any atom is 0.254 e. The van der Waals surface area contributed by atoms with Crippen molar-refractivity contribution in [3.63, 3.8) is 0 Å². The standard InChI is InChI=1S/C19H22N4O2/c24-18(13-22-12-16-6-1-2-7-17(16)19(22)25)20-8-15-9-21-23(11-15)10-14-4-3-5-14/h1-2,6-7,9,11,14H,3-5,8,10,12-13H2,(H,20,24). The average Bonchev–Trinajstić information content (AvgIpc) is 3.15. The van der Waals surface area contributed by atoms with Crippen molar-refractivity contribution in [1.82, 2.24) is 20.0 Å². The van der Waals surface area contributed by atoms with E-state index in [0.29, 0.717) is 18.7 Å². The molecule has 1 aliphatic carbocycles. The second-order valence-electron chi connectivity index (χ2n) is 6.96. The molecule has 1 fully saturated rings. The van der Waals surface area contributed by atoms with Crippen molar-refractivity contribution in [3.05, 3.63) is 53.3 Å². The second kappa shape index (κ2) is 6.70. The fourth-order valence-corrected chi connectivity index (χ4v) is 3.41. The van der Waals surface area contributed by atoms with Crippen LogP contribution in [0.3, 0.4) is 0 Å². The predicted octanol–water partition coefficient (Wildman–Crippen LogP) is 1.96. The Labute approximate surface area is 146 Å². The molecule has 1 aromatic carbocycles. The summed E-state index contributed by atoms with van der Waals surface area (Å²) in [7, 11) is 0. The first kappa shape index (κ1) is 15.9. The van der Waals surface area contributed by atoms with Crippen LogP contribution >= 0.6 is 0 Å². The predicted molar refractivity (Wildman–Crippen MR) is 92.6 cm³/mol. The lowest BCUT2D eigenvalue weighted by atomic mass is 9.85. The summed E-state index contributed by atoms with van der Waals surface area (Å²) in [5.41, 5.74) is 2.67. The molecular formula is C19H22N4O2. The molecule has 0 radical (unpaired) electrons. The van der Waals surface area contributed by atoms with Gasteiger partial charge in [0, 0.05) is 37.0 Å². The Morgan fingerprint density at radius 1 is 1.28 bits per heavy atom. The van der Waals surface area contributed by atoms with Gasteiger partial charge in [0.05, 0.1) is 6.20 Å². The summed E-state index contributed by atoms with van der Waals surface area (Å²) in [5.74, 6) is 0.539. The Balaban J connectivity index is 1.26.